The van der Waals surface area contributed by atoms with Crippen LogP contribution in [0.3, 0.4) is 0 Å². The summed E-state index contributed by atoms with van der Waals surface area (Å²) in [6.45, 7) is 0.386. The summed E-state index contributed by atoms with van der Waals surface area (Å²) in [5, 5.41) is 3.00. The monoisotopic (exact) mass is 362 g/mol. The van der Waals surface area contributed by atoms with Crippen molar-refractivity contribution in [2.45, 2.75) is 22.0 Å². The Hall–Kier alpha value is -1.74. The Bertz CT molecular complexity index is 758. The lowest BCUT2D eigenvalue weighted by Crippen LogP contribution is -2.03. The van der Waals surface area contributed by atoms with E-state index in [9.17, 15) is 21.6 Å². The van der Waals surface area contributed by atoms with Gasteiger partial charge in [0.05, 0.1) is 11.9 Å². The van der Waals surface area contributed by atoms with E-state index in [0.717, 1.165) is 11.8 Å². The van der Waals surface area contributed by atoms with Crippen LogP contribution in [0.25, 0.3) is 0 Å². The lowest BCUT2D eigenvalue weighted by Gasteiger charge is -2.08. The largest absolute Gasteiger partial charge is 0.446 e. The molecule has 0 amide bonds. The van der Waals surface area contributed by atoms with Crippen molar-refractivity contribution in [2.75, 3.05) is 11.6 Å². The molecule has 9 heteroatoms. The zero-order valence-corrected chi connectivity index (χ0v) is 13.6. The van der Waals surface area contributed by atoms with E-state index in [0.29, 0.717) is 12.2 Å². The molecule has 0 saturated heterocycles. The molecule has 0 saturated carbocycles. The van der Waals surface area contributed by atoms with Gasteiger partial charge in [-0.2, -0.15) is 13.2 Å². The van der Waals surface area contributed by atoms with E-state index >= 15 is 0 Å². The van der Waals surface area contributed by atoms with Crippen molar-refractivity contribution < 1.29 is 21.6 Å². The first-order chi connectivity index (χ1) is 10.6. The molecular weight excluding hydrogens is 349 g/mol. The van der Waals surface area contributed by atoms with Gasteiger partial charge in [-0.15, -0.1) is 0 Å². The molecule has 2 aromatic rings. The van der Waals surface area contributed by atoms with Crippen LogP contribution in [0.1, 0.15) is 5.56 Å². The molecule has 0 radical (unpaired) electrons. The number of pyridine rings is 1. The summed E-state index contributed by atoms with van der Waals surface area (Å²) in [6.07, 6.45) is 2.47. The highest BCUT2D eigenvalue weighted by Crippen LogP contribution is 2.36. The van der Waals surface area contributed by atoms with Crippen LogP contribution in [0, 0.1) is 0 Å². The van der Waals surface area contributed by atoms with E-state index in [2.05, 4.69) is 10.3 Å². The zero-order valence-electron chi connectivity index (χ0n) is 12.0. The van der Waals surface area contributed by atoms with Crippen molar-refractivity contribution >= 4 is 27.3 Å². The lowest BCUT2D eigenvalue weighted by molar-refractivity contribution is -0.0328. The molecule has 0 fully saturated rings. The summed E-state index contributed by atoms with van der Waals surface area (Å²) in [5.41, 5.74) is -2.89. The molecule has 124 valence electrons. The third-order valence-corrected chi connectivity index (χ3v) is 4.51. The first-order valence-electron chi connectivity index (χ1n) is 6.38. The highest BCUT2D eigenvalue weighted by molar-refractivity contribution is 8.00. The van der Waals surface area contributed by atoms with Crippen molar-refractivity contribution in [2.24, 2.45) is 0 Å². The second kappa shape index (κ2) is 6.79. The van der Waals surface area contributed by atoms with Gasteiger partial charge >= 0.3 is 5.51 Å². The van der Waals surface area contributed by atoms with Crippen LogP contribution >= 0.6 is 11.8 Å². The molecule has 1 N–H and O–H groups in total. The fourth-order valence-corrected chi connectivity index (χ4v) is 2.82. The molecule has 1 aromatic carbocycles. The third kappa shape index (κ3) is 5.76. The third-order valence-electron chi connectivity index (χ3n) is 2.77. The van der Waals surface area contributed by atoms with Crippen LogP contribution in [0.2, 0.25) is 0 Å². The van der Waals surface area contributed by atoms with Gasteiger partial charge in [0.2, 0.25) is 0 Å². The smallest absolute Gasteiger partial charge is 0.380 e. The van der Waals surface area contributed by atoms with Crippen LogP contribution in [0.4, 0.5) is 18.9 Å². The van der Waals surface area contributed by atoms with Crippen molar-refractivity contribution in [3.8, 4) is 0 Å². The lowest BCUT2D eigenvalue weighted by atomic mass is 10.2. The Morgan fingerprint density at radius 2 is 1.78 bits per heavy atom. The molecule has 0 aliphatic carbocycles. The molecule has 0 unspecified atom stereocenters. The van der Waals surface area contributed by atoms with Crippen LogP contribution in [-0.2, 0) is 16.4 Å². The van der Waals surface area contributed by atoms with Gasteiger partial charge in [-0.3, -0.25) is 0 Å². The standard InChI is InChI=1S/C14H13F3N2O2S2/c1-23(20,21)13-7-4-11(9-19-13)18-8-10-2-5-12(6-3-10)22-14(15,16)17/h2-7,9,18H,8H2,1H3. The first kappa shape index (κ1) is 17.6. The summed E-state index contributed by atoms with van der Waals surface area (Å²) in [7, 11) is -3.34. The van der Waals surface area contributed by atoms with Crippen molar-refractivity contribution in [1.29, 1.82) is 0 Å². The SMILES string of the molecule is CS(=O)(=O)c1ccc(NCc2ccc(SC(F)(F)F)cc2)cn1. The van der Waals surface area contributed by atoms with Crippen molar-refractivity contribution in [1.82, 2.24) is 4.98 Å². The van der Waals surface area contributed by atoms with Gasteiger partial charge in [-0.05, 0) is 41.6 Å². The molecule has 0 atom stereocenters. The predicted molar refractivity (Wildman–Crippen MR) is 83.0 cm³/mol. The Morgan fingerprint density at radius 1 is 1.13 bits per heavy atom. The minimum atomic E-state index is -4.30. The second-order valence-electron chi connectivity index (χ2n) is 4.70. The number of hydrogen-bond donors (Lipinski definition) is 1. The summed E-state index contributed by atoms with van der Waals surface area (Å²) in [6, 6.07) is 8.97. The van der Waals surface area contributed by atoms with Crippen molar-refractivity contribution in [3.63, 3.8) is 0 Å². The Kier molecular flexibility index (Phi) is 5.20. The van der Waals surface area contributed by atoms with E-state index in [1.165, 1.54) is 24.4 Å². The number of aromatic nitrogens is 1. The number of benzene rings is 1. The predicted octanol–water partition coefficient (Wildman–Crippen LogP) is 3.71. The Labute approximate surface area is 136 Å². The van der Waals surface area contributed by atoms with E-state index < -0.39 is 15.3 Å². The first-order valence-corrected chi connectivity index (χ1v) is 9.09. The molecule has 0 aliphatic rings. The minimum Gasteiger partial charge on any atom is -0.380 e. The fraction of sp³-hybridized carbons (Fsp3) is 0.214. The van der Waals surface area contributed by atoms with Crippen LogP contribution < -0.4 is 5.32 Å². The van der Waals surface area contributed by atoms with Gasteiger partial charge in [-0.25, -0.2) is 13.4 Å². The number of sulfone groups is 1. The van der Waals surface area contributed by atoms with Crippen molar-refractivity contribution in [3.05, 3.63) is 48.2 Å². The normalized spacial score (nSPS) is 12.2. The molecule has 4 nitrogen and oxygen atoms in total. The maximum atomic E-state index is 12.2. The summed E-state index contributed by atoms with van der Waals surface area (Å²) in [5.74, 6) is 0. The van der Waals surface area contributed by atoms with Gasteiger partial charge in [0.15, 0.2) is 14.9 Å². The quantitative estimate of drug-likeness (QED) is 0.822. The molecule has 1 heterocycles. The van der Waals surface area contributed by atoms with E-state index in [1.807, 2.05) is 0 Å². The molecule has 0 spiro atoms. The van der Waals surface area contributed by atoms with Gasteiger partial charge in [0.1, 0.15) is 0 Å². The number of alkyl halides is 3. The number of nitrogens with zero attached hydrogens (tertiary/aromatic N) is 1. The number of nitrogens with one attached hydrogen (secondary N) is 1. The van der Waals surface area contributed by atoms with Gasteiger partial charge < -0.3 is 5.32 Å². The summed E-state index contributed by atoms with van der Waals surface area (Å²) >= 11 is -0.160. The molecule has 0 bridgehead atoms. The number of hydrogen-bond acceptors (Lipinski definition) is 5. The Balaban J connectivity index is 1.96. The molecular formula is C14H13F3N2O2S2. The highest BCUT2D eigenvalue weighted by Gasteiger charge is 2.28. The average Bonchev–Trinajstić information content (AvgIpc) is 2.44. The Morgan fingerprint density at radius 3 is 2.26 bits per heavy atom. The number of rotatable bonds is 5. The van der Waals surface area contributed by atoms with Crippen LogP contribution in [0.15, 0.2) is 52.5 Å². The maximum Gasteiger partial charge on any atom is 0.446 e. The highest BCUT2D eigenvalue weighted by atomic mass is 32.2. The van der Waals surface area contributed by atoms with Gasteiger partial charge in [-0.1, -0.05) is 12.1 Å². The topological polar surface area (TPSA) is 59.1 Å². The van der Waals surface area contributed by atoms with E-state index in [4.69, 9.17) is 0 Å². The molecule has 23 heavy (non-hydrogen) atoms. The summed E-state index contributed by atoms with van der Waals surface area (Å²) in [4.78, 5) is 3.96. The molecule has 2 rings (SSSR count). The zero-order chi connectivity index (χ0) is 17.1. The second-order valence-corrected chi connectivity index (χ2v) is 7.80. The van der Waals surface area contributed by atoms with Gasteiger partial charge in [0.25, 0.3) is 0 Å². The number of thioether (sulfide) groups is 1. The number of anilines is 1. The molecule has 1 aromatic heterocycles. The molecule has 0 aliphatic heterocycles. The maximum absolute atomic E-state index is 12.2. The van der Waals surface area contributed by atoms with Crippen LogP contribution in [0.5, 0.6) is 0 Å². The minimum absolute atomic E-state index is 0.0171. The average molecular weight is 362 g/mol. The summed E-state index contributed by atoms with van der Waals surface area (Å²) < 4.78 is 59.3. The fourth-order valence-electron chi connectivity index (χ4n) is 1.72. The van der Waals surface area contributed by atoms with Gasteiger partial charge in [0, 0.05) is 17.7 Å². The van der Waals surface area contributed by atoms with E-state index in [1.54, 1.807) is 18.2 Å². The number of halogens is 3. The van der Waals surface area contributed by atoms with E-state index in [-0.39, 0.29) is 21.7 Å². The van der Waals surface area contributed by atoms with Crippen LogP contribution in [-0.4, -0.2) is 25.2 Å².